The Bertz CT molecular complexity index is 742. The smallest absolute Gasteiger partial charge is 0.267 e. The lowest BCUT2D eigenvalue weighted by Crippen LogP contribution is -2.17. The summed E-state index contributed by atoms with van der Waals surface area (Å²) in [7, 11) is 0. The summed E-state index contributed by atoms with van der Waals surface area (Å²) in [5.41, 5.74) is 4.13. The highest BCUT2D eigenvalue weighted by atomic mass is 35.5. The highest BCUT2D eigenvalue weighted by Gasteiger charge is 2.11. The van der Waals surface area contributed by atoms with Crippen molar-refractivity contribution in [2.45, 2.75) is 6.92 Å². The maximum absolute atomic E-state index is 11.8. The monoisotopic (exact) mass is 317 g/mol. The number of hydrogen-bond acceptors (Lipinski definition) is 4. The first-order valence-corrected chi connectivity index (χ1v) is 6.69. The average molecular weight is 318 g/mol. The Morgan fingerprint density at radius 1 is 1.27 bits per heavy atom. The number of nitro benzene ring substituents is 1. The normalized spacial score (nSPS) is 10.6. The molecule has 1 amide bonds. The molecule has 0 aliphatic heterocycles. The van der Waals surface area contributed by atoms with E-state index >= 15 is 0 Å². The van der Waals surface area contributed by atoms with Crippen molar-refractivity contribution < 1.29 is 9.72 Å². The first kappa shape index (κ1) is 15.7. The highest BCUT2D eigenvalue weighted by Crippen LogP contribution is 2.24. The van der Waals surface area contributed by atoms with Gasteiger partial charge in [0.2, 0.25) is 0 Å². The third-order valence-electron chi connectivity index (χ3n) is 2.86. The second-order valence-corrected chi connectivity index (χ2v) is 4.94. The van der Waals surface area contributed by atoms with Gasteiger partial charge >= 0.3 is 0 Å². The number of benzene rings is 2. The minimum Gasteiger partial charge on any atom is -0.267 e. The molecule has 0 aliphatic rings. The molecule has 112 valence electrons. The van der Waals surface area contributed by atoms with Crippen LogP contribution in [0.4, 0.5) is 5.69 Å². The summed E-state index contributed by atoms with van der Waals surface area (Å²) in [6, 6.07) is 11.3. The van der Waals surface area contributed by atoms with E-state index in [4.69, 9.17) is 11.6 Å². The number of halogens is 1. The molecular weight excluding hydrogens is 306 g/mol. The molecule has 0 saturated heterocycles. The molecule has 7 heteroatoms. The van der Waals surface area contributed by atoms with E-state index in [1.807, 2.05) is 19.1 Å². The molecule has 6 nitrogen and oxygen atoms in total. The number of rotatable bonds is 4. The Morgan fingerprint density at radius 3 is 2.59 bits per heavy atom. The Kier molecular flexibility index (Phi) is 4.85. The van der Waals surface area contributed by atoms with Crippen molar-refractivity contribution in [1.82, 2.24) is 5.43 Å². The number of nitro groups is 1. The minimum absolute atomic E-state index is 0.0471. The molecule has 0 fully saturated rings. The van der Waals surface area contributed by atoms with Crippen LogP contribution in [0.1, 0.15) is 21.5 Å². The number of hydrazone groups is 1. The zero-order valence-electron chi connectivity index (χ0n) is 11.6. The SMILES string of the molecule is Cc1ccc(C(=O)N/N=C\c2ccc(Cl)c([N+](=O)[O-])c2)cc1. The number of hydrogen-bond donors (Lipinski definition) is 1. The van der Waals surface area contributed by atoms with Gasteiger partial charge < -0.3 is 0 Å². The van der Waals surface area contributed by atoms with Crippen LogP contribution in [-0.2, 0) is 0 Å². The minimum atomic E-state index is -0.579. The summed E-state index contributed by atoms with van der Waals surface area (Å²) in [6.45, 7) is 1.92. The largest absolute Gasteiger partial charge is 0.288 e. The van der Waals surface area contributed by atoms with E-state index in [9.17, 15) is 14.9 Å². The van der Waals surface area contributed by atoms with Crippen LogP contribution in [0.15, 0.2) is 47.6 Å². The van der Waals surface area contributed by atoms with Crippen molar-refractivity contribution in [3.63, 3.8) is 0 Å². The van der Waals surface area contributed by atoms with Gasteiger partial charge in [-0.15, -0.1) is 0 Å². The Morgan fingerprint density at radius 2 is 1.95 bits per heavy atom. The molecule has 2 rings (SSSR count). The first-order chi connectivity index (χ1) is 10.5. The van der Waals surface area contributed by atoms with Crippen LogP contribution in [-0.4, -0.2) is 17.0 Å². The van der Waals surface area contributed by atoms with E-state index in [1.165, 1.54) is 18.3 Å². The fourth-order valence-electron chi connectivity index (χ4n) is 1.68. The summed E-state index contributed by atoms with van der Waals surface area (Å²) in [6.07, 6.45) is 1.31. The van der Waals surface area contributed by atoms with Crippen LogP contribution in [0.5, 0.6) is 0 Å². The number of carbonyl (C=O) groups is 1. The third kappa shape index (κ3) is 3.89. The van der Waals surface area contributed by atoms with E-state index < -0.39 is 4.92 Å². The van der Waals surface area contributed by atoms with E-state index in [2.05, 4.69) is 10.5 Å². The van der Waals surface area contributed by atoms with E-state index in [-0.39, 0.29) is 16.6 Å². The molecule has 0 aromatic heterocycles. The van der Waals surface area contributed by atoms with Crippen molar-refractivity contribution in [2.75, 3.05) is 0 Å². The van der Waals surface area contributed by atoms with Gasteiger partial charge in [-0.25, -0.2) is 5.43 Å². The Labute approximate surface area is 131 Å². The van der Waals surface area contributed by atoms with Crippen molar-refractivity contribution in [3.8, 4) is 0 Å². The molecule has 22 heavy (non-hydrogen) atoms. The number of amides is 1. The Balaban J connectivity index is 2.06. The molecule has 0 unspecified atom stereocenters. The van der Waals surface area contributed by atoms with Gasteiger partial charge in [0.25, 0.3) is 11.6 Å². The van der Waals surface area contributed by atoms with Gasteiger partial charge in [0.05, 0.1) is 11.1 Å². The van der Waals surface area contributed by atoms with E-state index in [0.717, 1.165) is 5.56 Å². The molecule has 0 bridgehead atoms. The molecule has 0 saturated carbocycles. The van der Waals surface area contributed by atoms with Crippen molar-refractivity contribution in [2.24, 2.45) is 5.10 Å². The standard InChI is InChI=1S/C15H12ClN3O3/c1-10-2-5-12(6-3-10)15(20)18-17-9-11-4-7-13(16)14(8-11)19(21)22/h2-9H,1H3,(H,18,20)/b17-9-. The fourth-order valence-corrected chi connectivity index (χ4v) is 1.87. The molecule has 0 atom stereocenters. The van der Waals surface area contributed by atoms with Gasteiger partial charge in [0, 0.05) is 17.2 Å². The van der Waals surface area contributed by atoms with Crippen LogP contribution in [0.2, 0.25) is 5.02 Å². The van der Waals surface area contributed by atoms with Gasteiger partial charge in [-0.05, 0) is 25.1 Å². The molecule has 0 spiro atoms. The average Bonchev–Trinajstić information content (AvgIpc) is 2.49. The zero-order valence-corrected chi connectivity index (χ0v) is 12.4. The zero-order chi connectivity index (χ0) is 16.1. The van der Waals surface area contributed by atoms with Gasteiger partial charge in [-0.1, -0.05) is 35.4 Å². The number of aryl methyl sites for hydroxylation is 1. The summed E-state index contributed by atoms with van der Waals surface area (Å²) >= 11 is 5.71. The summed E-state index contributed by atoms with van der Waals surface area (Å²) in [5.74, 6) is -0.361. The lowest BCUT2D eigenvalue weighted by atomic mass is 10.1. The first-order valence-electron chi connectivity index (χ1n) is 6.31. The van der Waals surface area contributed by atoms with Crippen molar-refractivity contribution in [1.29, 1.82) is 0 Å². The molecule has 0 radical (unpaired) electrons. The van der Waals surface area contributed by atoms with E-state index in [1.54, 1.807) is 18.2 Å². The van der Waals surface area contributed by atoms with Crippen molar-refractivity contribution in [3.05, 3.63) is 74.3 Å². The molecule has 1 N–H and O–H groups in total. The summed E-state index contributed by atoms with van der Waals surface area (Å²) < 4.78 is 0. The topological polar surface area (TPSA) is 84.6 Å². The quantitative estimate of drug-likeness (QED) is 0.533. The predicted molar refractivity (Wildman–Crippen MR) is 84.3 cm³/mol. The van der Waals surface area contributed by atoms with Crippen LogP contribution in [0.3, 0.4) is 0 Å². The van der Waals surface area contributed by atoms with Crippen LogP contribution in [0, 0.1) is 17.0 Å². The van der Waals surface area contributed by atoms with Crippen LogP contribution < -0.4 is 5.43 Å². The number of nitrogens with zero attached hydrogens (tertiary/aromatic N) is 2. The van der Waals surface area contributed by atoms with Gasteiger partial charge in [0.1, 0.15) is 5.02 Å². The fraction of sp³-hybridized carbons (Fsp3) is 0.0667. The Hall–Kier alpha value is -2.73. The van der Waals surface area contributed by atoms with Crippen LogP contribution >= 0.6 is 11.6 Å². The van der Waals surface area contributed by atoms with Gasteiger partial charge in [-0.3, -0.25) is 14.9 Å². The van der Waals surface area contributed by atoms with Gasteiger partial charge in [0.15, 0.2) is 0 Å². The molecule has 2 aromatic carbocycles. The summed E-state index contributed by atoms with van der Waals surface area (Å²) in [4.78, 5) is 22.0. The third-order valence-corrected chi connectivity index (χ3v) is 3.18. The maximum Gasteiger partial charge on any atom is 0.288 e. The molecule has 0 aliphatic carbocycles. The summed E-state index contributed by atoms with van der Waals surface area (Å²) in [5, 5.41) is 14.6. The predicted octanol–water partition coefficient (Wildman–Crippen LogP) is 3.32. The lowest BCUT2D eigenvalue weighted by molar-refractivity contribution is -0.384. The molecule has 0 heterocycles. The van der Waals surface area contributed by atoms with E-state index in [0.29, 0.717) is 11.1 Å². The lowest BCUT2D eigenvalue weighted by Gasteiger charge is -2.00. The molecule has 2 aromatic rings. The molecular formula is C15H12ClN3O3. The van der Waals surface area contributed by atoms with Crippen LogP contribution in [0.25, 0.3) is 0 Å². The second-order valence-electron chi connectivity index (χ2n) is 4.53. The van der Waals surface area contributed by atoms with Crippen molar-refractivity contribution >= 4 is 29.4 Å². The number of carbonyl (C=O) groups excluding carboxylic acids is 1. The number of nitrogens with one attached hydrogen (secondary N) is 1. The highest BCUT2D eigenvalue weighted by molar-refractivity contribution is 6.32. The maximum atomic E-state index is 11.8. The van der Waals surface area contributed by atoms with Gasteiger partial charge in [-0.2, -0.15) is 5.10 Å². The second kappa shape index (κ2) is 6.82.